The summed E-state index contributed by atoms with van der Waals surface area (Å²) in [5.41, 5.74) is 1.87. The zero-order chi connectivity index (χ0) is 20.2. The molecule has 0 bridgehead atoms. The summed E-state index contributed by atoms with van der Waals surface area (Å²) in [6, 6.07) is 7.75. The molecule has 1 aromatic carbocycles. The van der Waals surface area contributed by atoms with E-state index in [0.29, 0.717) is 25.9 Å². The van der Waals surface area contributed by atoms with Crippen molar-refractivity contribution in [1.82, 2.24) is 4.57 Å². The molecule has 148 valence electrons. The van der Waals surface area contributed by atoms with E-state index in [-0.39, 0.29) is 17.1 Å². The number of carbonyl (C=O) groups is 2. The van der Waals surface area contributed by atoms with Crippen molar-refractivity contribution < 1.29 is 18.8 Å². The lowest BCUT2D eigenvalue weighted by Gasteiger charge is -2.35. The zero-order valence-corrected chi connectivity index (χ0v) is 18.3. The molecule has 1 heterocycles. The summed E-state index contributed by atoms with van der Waals surface area (Å²) in [6.07, 6.45) is 3.22. The highest BCUT2D eigenvalue weighted by molar-refractivity contribution is 6.75. The number of rotatable bonds is 6. The average Bonchev–Trinajstić information content (AvgIpc) is 2.93. The molecule has 0 fully saturated rings. The predicted molar refractivity (Wildman–Crippen MR) is 111 cm³/mol. The molecule has 0 saturated carbocycles. The number of fused-ring (bicyclic) bond motifs is 1. The van der Waals surface area contributed by atoms with Crippen LogP contribution in [0.5, 0.6) is 0 Å². The van der Waals surface area contributed by atoms with E-state index in [4.69, 9.17) is 9.16 Å². The Balaban J connectivity index is 2.05. The molecule has 0 aliphatic rings. The average molecular weight is 390 g/mol. The molecule has 2 rings (SSSR count). The first-order valence-electron chi connectivity index (χ1n) is 9.54. The molecular formula is C21H31NO4Si. The topological polar surface area (TPSA) is 57.5 Å². The summed E-state index contributed by atoms with van der Waals surface area (Å²) < 4.78 is 12.5. The van der Waals surface area contributed by atoms with Crippen LogP contribution in [0.4, 0.5) is 4.79 Å². The van der Waals surface area contributed by atoms with Gasteiger partial charge in [-0.15, -0.1) is 0 Å². The summed E-state index contributed by atoms with van der Waals surface area (Å²) in [4.78, 5) is 24.5. The van der Waals surface area contributed by atoms with Gasteiger partial charge < -0.3 is 9.16 Å². The van der Waals surface area contributed by atoms with Crippen LogP contribution >= 0.6 is 0 Å². The highest BCUT2D eigenvalue weighted by atomic mass is 28.4. The van der Waals surface area contributed by atoms with Crippen LogP contribution in [0.25, 0.3) is 10.9 Å². The largest absolute Gasteiger partial charge is 0.519 e. The molecular weight excluding hydrogens is 358 g/mol. The quantitative estimate of drug-likeness (QED) is 0.611. The Kier molecular flexibility index (Phi) is 6.52. The van der Waals surface area contributed by atoms with Crippen molar-refractivity contribution >= 4 is 31.3 Å². The molecule has 0 aliphatic heterocycles. The first-order valence-corrected chi connectivity index (χ1v) is 12.5. The van der Waals surface area contributed by atoms with Crippen molar-refractivity contribution in [3.8, 4) is 0 Å². The highest BCUT2D eigenvalue weighted by Crippen LogP contribution is 2.36. The van der Waals surface area contributed by atoms with Crippen molar-refractivity contribution in [3.05, 3.63) is 36.0 Å². The number of hydrogen-bond donors (Lipinski definition) is 0. The Bertz CT molecular complexity index is 817. The van der Waals surface area contributed by atoms with Gasteiger partial charge in [0.1, 0.15) is 0 Å². The van der Waals surface area contributed by atoms with Gasteiger partial charge in [0.25, 0.3) is 14.3 Å². The van der Waals surface area contributed by atoms with Crippen molar-refractivity contribution in [2.45, 2.75) is 65.1 Å². The van der Waals surface area contributed by atoms with Crippen LogP contribution in [0.2, 0.25) is 18.1 Å². The lowest BCUT2D eigenvalue weighted by Crippen LogP contribution is -2.42. The standard InChI is InChI=1S/C21H31NO4Si/c1-7-25-20(24)22-15-16(17-12-8-9-13-18(17)22)11-10-14-19(23)26-27(5,6)21(2,3)4/h8-9,12-13,15H,7,10-11,14H2,1-6H3. The molecule has 0 unspecified atom stereocenters. The predicted octanol–water partition coefficient (Wildman–Crippen LogP) is 5.52. The van der Waals surface area contributed by atoms with Gasteiger partial charge in [-0.3, -0.25) is 9.36 Å². The fourth-order valence-electron chi connectivity index (χ4n) is 2.71. The molecule has 0 aliphatic carbocycles. The number of benzene rings is 1. The van der Waals surface area contributed by atoms with Crippen molar-refractivity contribution in [3.63, 3.8) is 0 Å². The molecule has 0 radical (unpaired) electrons. The second kappa shape index (κ2) is 8.29. The van der Waals surface area contributed by atoms with Gasteiger partial charge in [0.2, 0.25) is 0 Å². The Labute approximate surface area is 162 Å². The Morgan fingerprint density at radius 2 is 1.81 bits per heavy atom. The van der Waals surface area contributed by atoms with Gasteiger partial charge in [-0.05, 0) is 49.5 Å². The van der Waals surface area contributed by atoms with Gasteiger partial charge in [-0.1, -0.05) is 39.0 Å². The molecule has 0 N–H and O–H groups in total. The van der Waals surface area contributed by atoms with Crippen molar-refractivity contribution in [2.75, 3.05) is 6.61 Å². The van der Waals surface area contributed by atoms with Crippen LogP contribution in [0, 0.1) is 0 Å². The van der Waals surface area contributed by atoms with Gasteiger partial charge >= 0.3 is 6.09 Å². The van der Waals surface area contributed by atoms with Gasteiger partial charge in [0.05, 0.1) is 12.1 Å². The molecule has 0 atom stereocenters. The summed E-state index contributed by atoms with van der Waals surface area (Å²) in [7, 11) is -2.08. The first kappa shape index (κ1) is 21.2. The Morgan fingerprint density at radius 1 is 1.15 bits per heavy atom. The van der Waals surface area contributed by atoms with Crippen molar-refractivity contribution in [2.24, 2.45) is 0 Å². The van der Waals surface area contributed by atoms with Crippen LogP contribution in [0.15, 0.2) is 30.5 Å². The summed E-state index contributed by atoms with van der Waals surface area (Å²) in [6.45, 7) is 12.7. The van der Waals surface area contributed by atoms with E-state index in [1.54, 1.807) is 11.5 Å². The maximum absolute atomic E-state index is 12.3. The number of hydrogen-bond acceptors (Lipinski definition) is 4. The molecule has 0 saturated heterocycles. The van der Waals surface area contributed by atoms with Crippen LogP contribution in [-0.4, -0.2) is 31.6 Å². The lowest BCUT2D eigenvalue weighted by atomic mass is 10.1. The van der Waals surface area contributed by atoms with E-state index in [2.05, 4.69) is 33.9 Å². The van der Waals surface area contributed by atoms with Crippen LogP contribution < -0.4 is 0 Å². The minimum absolute atomic E-state index is 0.00964. The van der Waals surface area contributed by atoms with E-state index >= 15 is 0 Å². The number of carbonyl (C=O) groups excluding carboxylic acids is 2. The Hall–Kier alpha value is -2.08. The zero-order valence-electron chi connectivity index (χ0n) is 17.3. The summed E-state index contributed by atoms with van der Waals surface area (Å²) in [5.74, 6) is -0.129. The Morgan fingerprint density at radius 3 is 2.44 bits per heavy atom. The van der Waals surface area contributed by atoms with E-state index in [1.165, 1.54) is 0 Å². The second-order valence-electron chi connectivity index (χ2n) is 8.33. The lowest BCUT2D eigenvalue weighted by molar-refractivity contribution is -0.135. The molecule has 1 aromatic heterocycles. The maximum Gasteiger partial charge on any atom is 0.418 e. The van der Waals surface area contributed by atoms with E-state index in [9.17, 15) is 9.59 Å². The van der Waals surface area contributed by atoms with E-state index < -0.39 is 8.32 Å². The smallest absolute Gasteiger partial charge is 0.418 e. The second-order valence-corrected chi connectivity index (χ2v) is 13.1. The van der Waals surface area contributed by atoms with E-state index in [0.717, 1.165) is 16.5 Å². The number of para-hydroxylation sites is 1. The van der Waals surface area contributed by atoms with Crippen LogP contribution in [0.3, 0.4) is 0 Å². The third kappa shape index (κ3) is 5.00. The third-order valence-electron chi connectivity index (χ3n) is 5.26. The van der Waals surface area contributed by atoms with Gasteiger partial charge in [-0.2, -0.15) is 0 Å². The molecule has 27 heavy (non-hydrogen) atoms. The van der Waals surface area contributed by atoms with Crippen molar-refractivity contribution in [1.29, 1.82) is 0 Å². The number of nitrogens with zero attached hydrogens (tertiary/aromatic N) is 1. The van der Waals surface area contributed by atoms with Gasteiger partial charge in [-0.25, -0.2) is 4.79 Å². The molecule has 0 amide bonds. The number of ether oxygens (including phenoxy) is 1. The summed E-state index contributed by atoms with van der Waals surface area (Å²) in [5, 5.41) is 1.03. The minimum Gasteiger partial charge on any atom is -0.519 e. The van der Waals surface area contributed by atoms with Gasteiger partial charge in [0.15, 0.2) is 0 Å². The van der Waals surface area contributed by atoms with E-state index in [1.807, 2.05) is 30.5 Å². The summed E-state index contributed by atoms with van der Waals surface area (Å²) >= 11 is 0. The van der Waals surface area contributed by atoms with Crippen LogP contribution in [-0.2, 0) is 20.4 Å². The number of aromatic nitrogens is 1. The SMILES string of the molecule is CCOC(=O)n1cc(CCCC(=O)O[Si](C)(C)C(C)(C)C)c2ccccc21. The maximum atomic E-state index is 12.3. The molecule has 5 nitrogen and oxygen atoms in total. The molecule has 0 spiro atoms. The van der Waals surface area contributed by atoms with Crippen LogP contribution in [0.1, 0.15) is 46.1 Å². The van der Waals surface area contributed by atoms with Gasteiger partial charge in [0, 0.05) is 18.0 Å². The monoisotopic (exact) mass is 389 g/mol. The fourth-order valence-corrected chi connectivity index (χ4v) is 3.68. The highest BCUT2D eigenvalue weighted by Gasteiger charge is 2.40. The molecule has 6 heteroatoms. The fraction of sp³-hybridized carbons (Fsp3) is 0.524. The normalized spacial score (nSPS) is 12.2. The number of aryl methyl sites for hydroxylation is 1. The molecule has 2 aromatic rings. The first-order chi connectivity index (χ1) is 12.6. The third-order valence-corrected chi connectivity index (χ3v) is 9.61. The minimum atomic E-state index is -2.08.